The molecule has 0 bridgehead atoms. The number of ketones is 1. The second-order valence-corrected chi connectivity index (χ2v) is 18.8. The number of carbonyl (C=O) groups is 3. The fourth-order valence-electron chi connectivity index (χ4n) is 12.2. The van der Waals surface area contributed by atoms with Crippen molar-refractivity contribution < 1.29 is 28.6 Å². The number of fused-ring (bicyclic) bond motifs is 7. The van der Waals surface area contributed by atoms with Crippen molar-refractivity contribution >= 4 is 40.9 Å². The van der Waals surface area contributed by atoms with Crippen LogP contribution in [0.15, 0.2) is 33.8 Å². The minimum absolute atomic E-state index is 0.0900. The van der Waals surface area contributed by atoms with Gasteiger partial charge in [-0.1, -0.05) is 63.9 Å². The van der Waals surface area contributed by atoms with E-state index in [9.17, 15) is 19.5 Å². The van der Waals surface area contributed by atoms with Crippen molar-refractivity contribution in [3.8, 4) is 11.5 Å². The highest BCUT2D eigenvalue weighted by molar-refractivity contribution is 6.38. The molecule has 1 aromatic carbocycles. The normalized spacial score (nSPS) is 36.3. The van der Waals surface area contributed by atoms with Crippen LogP contribution in [0.5, 0.6) is 0 Å². The van der Waals surface area contributed by atoms with Crippen LogP contribution in [0.3, 0.4) is 0 Å². The summed E-state index contributed by atoms with van der Waals surface area (Å²) in [5.41, 5.74) is 1.16. The molecule has 0 radical (unpaired) electrons. The van der Waals surface area contributed by atoms with Gasteiger partial charge in [-0.2, -0.15) is 0 Å². The van der Waals surface area contributed by atoms with Gasteiger partial charge in [0.2, 0.25) is 5.89 Å². The number of carboxylic acid groups (broad SMARTS) is 1. The molecule has 10 heteroatoms. The Hall–Kier alpha value is -2.71. The number of aromatic nitrogens is 2. The smallest absolute Gasteiger partial charge is 0.309 e. The molecule has 0 spiro atoms. The van der Waals surface area contributed by atoms with Crippen LogP contribution < -0.4 is 0 Å². The summed E-state index contributed by atoms with van der Waals surface area (Å²) in [5, 5.41) is 19.5. The molecule has 0 amide bonds. The zero-order chi connectivity index (χ0) is 36.8. The lowest BCUT2D eigenvalue weighted by Gasteiger charge is -2.67. The maximum Gasteiger partial charge on any atom is 0.309 e. The van der Waals surface area contributed by atoms with E-state index in [4.69, 9.17) is 32.4 Å². The van der Waals surface area contributed by atoms with E-state index < -0.39 is 22.8 Å². The van der Waals surface area contributed by atoms with Crippen molar-refractivity contribution in [3.05, 3.63) is 45.3 Å². The molecule has 9 unspecified atom stereocenters. The van der Waals surface area contributed by atoms with Crippen LogP contribution in [0.4, 0.5) is 0 Å². The number of carbonyl (C=O) groups excluding carboxylic acids is 2. The molecule has 1 aromatic heterocycles. The Morgan fingerprint density at radius 1 is 1.00 bits per heavy atom. The van der Waals surface area contributed by atoms with E-state index in [2.05, 4.69) is 44.8 Å². The number of carboxylic acids is 1. The van der Waals surface area contributed by atoms with Gasteiger partial charge in [0.15, 0.2) is 5.78 Å². The molecule has 5 aliphatic rings. The Bertz CT molecular complexity index is 1780. The van der Waals surface area contributed by atoms with Crippen molar-refractivity contribution in [1.82, 2.24) is 10.2 Å². The molecule has 1 N–H and O–H groups in total. The SMILES string of the molecule is CC(C)C1=C2C3CCC4C(C)(CCC5C(C)C(OC(=O)CC(C)(C)C(=O)O)CCC54C)C3CCC2(c2nnc(-c3c(Cl)cccc3Cl)o2)CC1=O. The van der Waals surface area contributed by atoms with Gasteiger partial charge in [0.25, 0.3) is 5.89 Å². The largest absolute Gasteiger partial charge is 0.481 e. The Morgan fingerprint density at radius 2 is 1.65 bits per heavy atom. The average molecular weight is 740 g/mol. The van der Waals surface area contributed by atoms with Crippen molar-refractivity contribution in [2.24, 2.45) is 51.8 Å². The van der Waals surface area contributed by atoms with Crippen LogP contribution in [0.2, 0.25) is 10.0 Å². The minimum atomic E-state index is -1.16. The first-order valence-electron chi connectivity index (χ1n) is 18.9. The number of halogens is 2. The first-order chi connectivity index (χ1) is 23.9. The molecular weight excluding hydrogens is 687 g/mol. The van der Waals surface area contributed by atoms with Gasteiger partial charge in [-0.05, 0) is 135 Å². The molecule has 5 aliphatic carbocycles. The third-order valence-electron chi connectivity index (χ3n) is 14.6. The number of ether oxygens (including phenoxy) is 1. The molecule has 7 rings (SSSR count). The van der Waals surface area contributed by atoms with Crippen LogP contribution in [-0.2, 0) is 24.5 Å². The lowest BCUT2D eigenvalue weighted by Crippen LogP contribution is -2.61. The zero-order valence-electron chi connectivity index (χ0n) is 31.0. The second kappa shape index (κ2) is 12.7. The summed E-state index contributed by atoms with van der Waals surface area (Å²) in [7, 11) is 0. The molecule has 0 saturated heterocycles. The van der Waals surface area contributed by atoms with Crippen molar-refractivity contribution in [1.29, 1.82) is 0 Å². The summed E-state index contributed by atoms with van der Waals surface area (Å²) in [6.07, 6.45) is 7.84. The summed E-state index contributed by atoms with van der Waals surface area (Å²) in [6, 6.07) is 5.30. The van der Waals surface area contributed by atoms with Gasteiger partial charge in [0.1, 0.15) is 6.10 Å². The molecule has 2 aromatic rings. The fraction of sp³-hybridized carbons (Fsp3) is 0.683. The van der Waals surface area contributed by atoms with Gasteiger partial charge in [-0.15, -0.1) is 10.2 Å². The van der Waals surface area contributed by atoms with Gasteiger partial charge >= 0.3 is 11.9 Å². The average Bonchev–Trinajstić information content (AvgIpc) is 3.65. The summed E-state index contributed by atoms with van der Waals surface area (Å²) < 4.78 is 12.5. The van der Waals surface area contributed by atoms with Crippen molar-refractivity contribution in [2.75, 3.05) is 0 Å². The molecule has 276 valence electrons. The molecule has 8 nitrogen and oxygen atoms in total. The number of hydrogen-bond donors (Lipinski definition) is 1. The second-order valence-electron chi connectivity index (χ2n) is 18.0. The number of rotatable bonds is 7. The number of esters is 1. The van der Waals surface area contributed by atoms with E-state index in [0.29, 0.717) is 45.7 Å². The third-order valence-corrected chi connectivity index (χ3v) is 15.2. The van der Waals surface area contributed by atoms with E-state index in [1.165, 1.54) is 5.57 Å². The first kappa shape index (κ1) is 36.6. The van der Waals surface area contributed by atoms with Crippen molar-refractivity contribution in [2.45, 2.75) is 124 Å². The van der Waals surface area contributed by atoms with Crippen LogP contribution >= 0.6 is 23.2 Å². The Kier molecular flexibility index (Phi) is 9.13. The van der Waals surface area contributed by atoms with Crippen LogP contribution in [0, 0.1) is 51.8 Å². The molecule has 4 fully saturated rings. The quantitative estimate of drug-likeness (QED) is 0.279. The topological polar surface area (TPSA) is 120 Å². The van der Waals surface area contributed by atoms with E-state index in [0.717, 1.165) is 56.9 Å². The number of benzene rings is 1. The number of aliphatic carboxylic acids is 1. The highest BCUT2D eigenvalue weighted by Crippen LogP contribution is 2.71. The number of hydrogen-bond acceptors (Lipinski definition) is 7. The number of nitrogens with zero attached hydrogens (tertiary/aromatic N) is 2. The molecule has 4 saturated carbocycles. The monoisotopic (exact) mass is 738 g/mol. The van der Waals surface area contributed by atoms with Gasteiger partial charge in [0, 0.05) is 6.42 Å². The van der Waals surface area contributed by atoms with Crippen LogP contribution in [-0.4, -0.2) is 39.1 Å². The summed E-state index contributed by atoms with van der Waals surface area (Å²) in [6.45, 7) is 14.7. The molecule has 1 heterocycles. The first-order valence-corrected chi connectivity index (χ1v) is 19.7. The number of Topliss-reactive ketones (excluding diaryl/α,β-unsaturated/α-hetero) is 1. The Morgan fingerprint density at radius 3 is 2.31 bits per heavy atom. The maximum absolute atomic E-state index is 14.0. The predicted molar refractivity (Wildman–Crippen MR) is 195 cm³/mol. The van der Waals surface area contributed by atoms with E-state index in [1.807, 2.05) is 0 Å². The van der Waals surface area contributed by atoms with E-state index in [-0.39, 0.29) is 52.8 Å². The summed E-state index contributed by atoms with van der Waals surface area (Å²) in [4.78, 5) is 38.6. The fourth-order valence-corrected chi connectivity index (χ4v) is 12.7. The van der Waals surface area contributed by atoms with Crippen LogP contribution in [0.1, 0.15) is 119 Å². The summed E-state index contributed by atoms with van der Waals surface area (Å²) in [5.74, 6) is 1.49. The maximum atomic E-state index is 14.0. The van der Waals surface area contributed by atoms with Gasteiger partial charge in [0.05, 0.1) is 32.9 Å². The van der Waals surface area contributed by atoms with Gasteiger partial charge in [-0.25, -0.2) is 0 Å². The van der Waals surface area contributed by atoms with Crippen LogP contribution in [0.25, 0.3) is 11.5 Å². The zero-order valence-corrected chi connectivity index (χ0v) is 32.5. The lowest BCUT2D eigenvalue weighted by molar-refractivity contribution is -0.191. The summed E-state index contributed by atoms with van der Waals surface area (Å²) >= 11 is 13.1. The standard InChI is InChI=1S/C41H52Cl2N2O6/c1-21(2)32-28(46)19-41(36-45-44-35(51-36)33-26(42)9-8-10-27(33)43)18-14-25-23(34(32)41)11-12-30-39(6)17-15-29(22(3)24(39)13-16-40(25,30)7)50-31(47)20-38(4,5)37(48)49/h8-10,21-25,29-30H,11-20H2,1-7H3,(H,48,49). The lowest BCUT2D eigenvalue weighted by atomic mass is 9.38. The molecule has 51 heavy (non-hydrogen) atoms. The number of allylic oxidation sites excluding steroid dienone is 2. The predicted octanol–water partition coefficient (Wildman–Crippen LogP) is 9.91. The van der Waals surface area contributed by atoms with E-state index >= 15 is 0 Å². The Labute approximate surface area is 311 Å². The van der Waals surface area contributed by atoms with E-state index in [1.54, 1.807) is 32.0 Å². The van der Waals surface area contributed by atoms with Gasteiger partial charge < -0.3 is 14.3 Å². The Balaban J connectivity index is 1.17. The third kappa shape index (κ3) is 5.63. The highest BCUT2D eigenvalue weighted by atomic mass is 35.5. The molecular formula is C41H52Cl2N2O6. The van der Waals surface area contributed by atoms with Crippen molar-refractivity contribution in [3.63, 3.8) is 0 Å². The molecule has 0 aliphatic heterocycles. The molecule has 9 atom stereocenters. The highest BCUT2D eigenvalue weighted by Gasteiger charge is 2.66. The minimum Gasteiger partial charge on any atom is -0.481 e. The van der Waals surface area contributed by atoms with Gasteiger partial charge in [-0.3, -0.25) is 14.4 Å².